The van der Waals surface area contributed by atoms with E-state index in [2.05, 4.69) is 46.8 Å². The van der Waals surface area contributed by atoms with Crippen LogP contribution in [0.15, 0.2) is 18.2 Å². The lowest BCUT2D eigenvalue weighted by molar-refractivity contribution is 0.00578. The first-order valence-corrected chi connectivity index (χ1v) is 9.12. The summed E-state index contributed by atoms with van der Waals surface area (Å²) in [4.78, 5) is 13.9. The van der Waals surface area contributed by atoms with Crippen LogP contribution in [-0.4, -0.2) is 35.9 Å². The molecule has 0 aromatic heterocycles. The molecule has 1 aromatic rings. The van der Waals surface area contributed by atoms with Crippen LogP contribution in [-0.2, 0) is 27.1 Å². The van der Waals surface area contributed by atoms with Crippen LogP contribution in [0.3, 0.4) is 0 Å². The molecule has 1 amide bonds. The highest BCUT2D eigenvalue weighted by Crippen LogP contribution is 2.36. The van der Waals surface area contributed by atoms with Crippen molar-refractivity contribution in [3.8, 4) is 0 Å². The Hall–Kier alpha value is -1.53. The quantitative estimate of drug-likeness (QED) is 0.621. The van der Waals surface area contributed by atoms with Gasteiger partial charge in [-0.1, -0.05) is 31.5 Å². The summed E-state index contributed by atoms with van der Waals surface area (Å²) < 4.78 is 17.6. The molecule has 0 atom stereocenters. The minimum Gasteiger partial charge on any atom is -0.449 e. The van der Waals surface area contributed by atoms with Crippen molar-refractivity contribution in [3.05, 3.63) is 29.3 Å². The maximum absolute atomic E-state index is 12.2. The Morgan fingerprint density at radius 3 is 2.44 bits per heavy atom. The minimum absolute atomic E-state index is 0.234. The van der Waals surface area contributed by atoms with E-state index in [4.69, 9.17) is 14.0 Å². The highest BCUT2D eigenvalue weighted by atomic mass is 16.7. The summed E-state index contributed by atoms with van der Waals surface area (Å²) in [5.74, 6) is 0. The zero-order chi connectivity index (χ0) is 18.2. The Balaban J connectivity index is 1.68. The van der Waals surface area contributed by atoms with Crippen LogP contribution in [0.25, 0.3) is 0 Å². The van der Waals surface area contributed by atoms with E-state index >= 15 is 0 Å². The summed E-state index contributed by atoms with van der Waals surface area (Å²) in [5, 5.41) is 0. The molecule has 6 heteroatoms. The second kappa shape index (κ2) is 6.65. The highest BCUT2D eigenvalue weighted by molar-refractivity contribution is 6.62. The molecule has 0 radical (unpaired) electrons. The first-order chi connectivity index (χ1) is 11.7. The number of fused-ring (bicyclic) bond motifs is 1. The van der Waals surface area contributed by atoms with Crippen LogP contribution in [0.5, 0.6) is 0 Å². The Labute approximate surface area is 150 Å². The van der Waals surface area contributed by atoms with Gasteiger partial charge >= 0.3 is 13.2 Å². The smallest absolute Gasteiger partial charge is 0.449 e. The average molecular weight is 345 g/mol. The van der Waals surface area contributed by atoms with Gasteiger partial charge in [0.05, 0.1) is 17.8 Å². The van der Waals surface area contributed by atoms with Gasteiger partial charge in [-0.2, -0.15) is 0 Å². The Kier molecular flexibility index (Phi) is 4.86. The van der Waals surface area contributed by atoms with Crippen LogP contribution < -0.4 is 5.46 Å². The number of carbonyl (C=O) groups is 1. The van der Waals surface area contributed by atoms with Gasteiger partial charge in [0.15, 0.2) is 0 Å². The lowest BCUT2D eigenvalue weighted by Crippen LogP contribution is -2.41. The largest absolute Gasteiger partial charge is 0.494 e. The summed E-state index contributed by atoms with van der Waals surface area (Å²) >= 11 is 0. The van der Waals surface area contributed by atoms with Crippen molar-refractivity contribution in [2.75, 3.05) is 6.61 Å². The fraction of sp³-hybridized carbons (Fsp3) is 0.632. The number of ether oxygens (including phenoxy) is 1. The van der Waals surface area contributed by atoms with E-state index in [1.165, 1.54) is 0 Å². The van der Waals surface area contributed by atoms with Crippen LogP contribution in [0.4, 0.5) is 4.79 Å². The first-order valence-electron chi connectivity index (χ1n) is 9.12. The van der Waals surface area contributed by atoms with Crippen molar-refractivity contribution in [1.29, 1.82) is 0 Å². The van der Waals surface area contributed by atoms with E-state index in [9.17, 15) is 4.79 Å². The molecule has 2 aliphatic rings. The number of carbonyl (C=O) groups excluding carboxylic acids is 1. The third-order valence-corrected chi connectivity index (χ3v) is 5.46. The van der Waals surface area contributed by atoms with Crippen molar-refractivity contribution >= 4 is 18.7 Å². The number of amides is 1. The summed E-state index contributed by atoms with van der Waals surface area (Å²) in [7, 11) is -0.374. The average Bonchev–Trinajstić information content (AvgIpc) is 3.05. The fourth-order valence-corrected chi connectivity index (χ4v) is 3.06. The van der Waals surface area contributed by atoms with Crippen molar-refractivity contribution in [3.63, 3.8) is 0 Å². The van der Waals surface area contributed by atoms with Crippen molar-refractivity contribution in [2.24, 2.45) is 0 Å². The predicted octanol–water partition coefficient (Wildman–Crippen LogP) is 3.24. The molecule has 1 aromatic carbocycles. The lowest BCUT2D eigenvalue weighted by Gasteiger charge is -2.32. The highest BCUT2D eigenvalue weighted by Gasteiger charge is 2.51. The number of rotatable bonds is 4. The van der Waals surface area contributed by atoms with Gasteiger partial charge in [0.2, 0.25) is 0 Å². The van der Waals surface area contributed by atoms with E-state index in [1.54, 1.807) is 4.90 Å². The van der Waals surface area contributed by atoms with E-state index in [0.29, 0.717) is 19.7 Å². The second-order valence-corrected chi connectivity index (χ2v) is 7.94. The van der Waals surface area contributed by atoms with Gasteiger partial charge in [-0.25, -0.2) is 4.79 Å². The van der Waals surface area contributed by atoms with Crippen molar-refractivity contribution in [2.45, 2.75) is 71.8 Å². The molecular formula is C19H28BNO4. The van der Waals surface area contributed by atoms with Gasteiger partial charge in [0.25, 0.3) is 0 Å². The van der Waals surface area contributed by atoms with E-state index in [-0.39, 0.29) is 24.4 Å². The molecular weight excluding hydrogens is 317 g/mol. The number of unbranched alkanes of at least 4 members (excludes halogenated alkanes) is 1. The topological polar surface area (TPSA) is 48.0 Å². The van der Waals surface area contributed by atoms with Gasteiger partial charge < -0.3 is 14.0 Å². The Bertz CT molecular complexity index is 643. The molecule has 0 aliphatic carbocycles. The minimum atomic E-state index is -0.374. The SMILES string of the molecule is CCCCOC(=O)N1Cc2ccc(B3OC(C)(C)C(C)(C)O3)cc2C1. The third kappa shape index (κ3) is 3.56. The fourth-order valence-electron chi connectivity index (χ4n) is 3.06. The van der Waals surface area contributed by atoms with Gasteiger partial charge in [-0.15, -0.1) is 0 Å². The van der Waals surface area contributed by atoms with Gasteiger partial charge in [0.1, 0.15) is 0 Å². The zero-order valence-electron chi connectivity index (χ0n) is 15.9. The van der Waals surface area contributed by atoms with Gasteiger partial charge in [0, 0.05) is 13.1 Å². The molecule has 2 aliphatic heterocycles. The third-order valence-electron chi connectivity index (χ3n) is 5.46. The van der Waals surface area contributed by atoms with Crippen molar-refractivity contribution < 1.29 is 18.8 Å². The number of benzene rings is 1. The Morgan fingerprint density at radius 2 is 1.80 bits per heavy atom. The molecule has 1 saturated heterocycles. The monoisotopic (exact) mass is 345 g/mol. The lowest BCUT2D eigenvalue weighted by atomic mass is 9.78. The van der Waals surface area contributed by atoms with Crippen LogP contribution in [0, 0.1) is 0 Å². The molecule has 0 unspecified atom stereocenters. The molecule has 0 bridgehead atoms. The molecule has 25 heavy (non-hydrogen) atoms. The molecule has 0 N–H and O–H groups in total. The second-order valence-electron chi connectivity index (χ2n) is 7.94. The maximum atomic E-state index is 12.2. The van der Waals surface area contributed by atoms with Crippen molar-refractivity contribution in [1.82, 2.24) is 4.90 Å². The molecule has 3 rings (SSSR count). The normalized spacial score (nSPS) is 20.7. The molecule has 0 saturated carbocycles. The molecule has 5 nitrogen and oxygen atoms in total. The summed E-state index contributed by atoms with van der Waals surface area (Å²) in [6.07, 6.45) is 1.69. The molecule has 136 valence electrons. The van der Waals surface area contributed by atoms with E-state index in [0.717, 1.165) is 29.4 Å². The summed E-state index contributed by atoms with van der Waals surface area (Å²) in [6, 6.07) is 6.19. The summed E-state index contributed by atoms with van der Waals surface area (Å²) in [6.45, 7) is 11.9. The number of hydrogen-bond donors (Lipinski definition) is 0. The standard InChI is InChI=1S/C19H28BNO4/c1-6-7-10-23-17(22)21-12-14-8-9-16(11-15(14)13-21)20-24-18(2,3)19(4,5)25-20/h8-9,11H,6-7,10,12-13H2,1-5H3. The first kappa shape index (κ1) is 18.3. The molecule has 1 fully saturated rings. The zero-order valence-corrected chi connectivity index (χ0v) is 15.9. The number of nitrogens with zero attached hydrogens (tertiary/aromatic N) is 1. The Morgan fingerprint density at radius 1 is 1.16 bits per heavy atom. The van der Waals surface area contributed by atoms with Crippen LogP contribution in [0.2, 0.25) is 0 Å². The van der Waals surface area contributed by atoms with Gasteiger partial charge in [-0.3, -0.25) is 4.90 Å². The molecule has 2 heterocycles. The van der Waals surface area contributed by atoms with Gasteiger partial charge in [-0.05, 0) is 50.7 Å². The van der Waals surface area contributed by atoms with E-state index in [1.807, 2.05) is 6.07 Å². The van der Waals surface area contributed by atoms with E-state index < -0.39 is 0 Å². The van der Waals surface area contributed by atoms with Crippen LogP contribution >= 0.6 is 0 Å². The maximum Gasteiger partial charge on any atom is 0.494 e. The molecule has 0 spiro atoms. The summed E-state index contributed by atoms with van der Waals surface area (Å²) in [5.41, 5.74) is 2.59. The predicted molar refractivity (Wildman–Crippen MR) is 97.7 cm³/mol. The van der Waals surface area contributed by atoms with Crippen LogP contribution in [0.1, 0.15) is 58.6 Å². The number of hydrogen-bond acceptors (Lipinski definition) is 4.